The molecule has 1 amide bonds. The Labute approximate surface area is 127 Å². The second kappa shape index (κ2) is 5.56. The van der Waals surface area contributed by atoms with Gasteiger partial charge < -0.3 is 5.32 Å². The van der Waals surface area contributed by atoms with Gasteiger partial charge in [-0.25, -0.2) is 0 Å². The summed E-state index contributed by atoms with van der Waals surface area (Å²) < 4.78 is 0. The van der Waals surface area contributed by atoms with Crippen LogP contribution in [0.2, 0.25) is 0 Å². The van der Waals surface area contributed by atoms with Gasteiger partial charge in [-0.15, -0.1) is 10.2 Å². The summed E-state index contributed by atoms with van der Waals surface area (Å²) in [5.74, 6) is 0.427. The van der Waals surface area contributed by atoms with Gasteiger partial charge in [0.15, 0.2) is 0 Å². The maximum absolute atomic E-state index is 12.1. The molecule has 0 bridgehead atoms. The van der Waals surface area contributed by atoms with Crippen LogP contribution in [-0.4, -0.2) is 31.7 Å². The molecular formula is C15H16N6O. The average molecular weight is 296 g/mol. The highest BCUT2D eigenvalue weighted by atomic mass is 16.2. The van der Waals surface area contributed by atoms with Gasteiger partial charge >= 0.3 is 0 Å². The molecular weight excluding hydrogens is 280 g/mol. The Morgan fingerprint density at radius 2 is 2.18 bits per heavy atom. The molecule has 1 atom stereocenters. The zero-order valence-electron chi connectivity index (χ0n) is 12.2. The van der Waals surface area contributed by atoms with E-state index in [-0.39, 0.29) is 18.4 Å². The Morgan fingerprint density at radius 3 is 2.82 bits per heavy atom. The second-order valence-corrected chi connectivity index (χ2v) is 5.65. The first-order valence-corrected chi connectivity index (χ1v) is 7.16. The van der Waals surface area contributed by atoms with E-state index >= 15 is 0 Å². The molecule has 0 aliphatic heterocycles. The van der Waals surface area contributed by atoms with Crippen molar-refractivity contribution in [1.82, 2.24) is 25.5 Å². The first kappa shape index (κ1) is 14.2. The third-order valence-corrected chi connectivity index (χ3v) is 3.80. The second-order valence-electron chi connectivity index (χ2n) is 5.65. The molecule has 0 saturated heterocycles. The third-order valence-electron chi connectivity index (χ3n) is 3.80. The van der Waals surface area contributed by atoms with E-state index in [9.17, 15) is 10.1 Å². The molecule has 7 nitrogen and oxygen atoms in total. The average Bonchev–Trinajstić information content (AvgIpc) is 3.29. The van der Waals surface area contributed by atoms with Crippen LogP contribution in [0.3, 0.4) is 0 Å². The number of nitriles is 1. The van der Waals surface area contributed by atoms with Crippen molar-refractivity contribution in [3.63, 3.8) is 0 Å². The van der Waals surface area contributed by atoms with E-state index < -0.39 is 5.54 Å². The number of hydrogen-bond donors (Lipinski definition) is 1. The summed E-state index contributed by atoms with van der Waals surface area (Å²) in [7, 11) is 0. The van der Waals surface area contributed by atoms with E-state index in [0.717, 1.165) is 18.4 Å². The van der Waals surface area contributed by atoms with Crippen LogP contribution >= 0.6 is 0 Å². The van der Waals surface area contributed by atoms with E-state index in [4.69, 9.17) is 0 Å². The molecule has 1 aromatic heterocycles. The van der Waals surface area contributed by atoms with E-state index in [2.05, 4.69) is 26.8 Å². The molecule has 0 spiro atoms. The minimum absolute atomic E-state index is 0.0518. The summed E-state index contributed by atoms with van der Waals surface area (Å²) in [4.78, 5) is 13.3. The highest BCUT2D eigenvalue weighted by molar-refractivity contribution is 5.77. The molecule has 1 N–H and O–H groups in total. The predicted octanol–water partition coefficient (Wildman–Crippen LogP) is 1.15. The Balaban J connectivity index is 1.65. The van der Waals surface area contributed by atoms with Crippen LogP contribution in [0.4, 0.5) is 0 Å². The van der Waals surface area contributed by atoms with E-state index in [1.807, 2.05) is 30.3 Å². The van der Waals surface area contributed by atoms with Crippen molar-refractivity contribution in [3.8, 4) is 17.5 Å². The molecule has 22 heavy (non-hydrogen) atoms. The van der Waals surface area contributed by atoms with Gasteiger partial charge in [0.1, 0.15) is 12.1 Å². The number of nitrogens with zero attached hydrogens (tertiary/aromatic N) is 5. The molecule has 1 aliphatic rings. The number of amides is 1. The fraction of sp³-hybridized carbons (Fsp3) is 0.400. The lowest BCUT2D eigenvalue weighted by Crippen LogP contribution is -2.48. The van der Waals surface area contributed by atoms with Gasteiger partial charge in [-0.2, -0.15) is 10.1 Å². The number of tetrazole rings is 1. The number of benzene rings is 1. The van der Waals surface area contributed by atoms with Crippen molar-refractivity contribution in [2.75, 3.05) is 0 Å². The Kier molecular flexibility index (Phi) is 3.59. The summed E-state index contributed by atoms with van der Waals surface area (Å²) in [5.41, 5.74) is 0.0360. The van der Waals surface area contributed by atoms with Gasteiger partial charge in [0.2, 0.25) is 11.7 Å². The molecule has 1 fully saturated rings. The van der Waals surface area contributed by atoms with Crippen LogP contribution in [0.25, 0.3) is 11.4 Å². The summed E-state index contributed by atoms with van der Waals surface area (Å²) in [6.07, 6.45) is 1.95. The molecule has 112 valence electrons. The third kappa shape index (κ3) is 2.96. The number of nitrogens with one attached hydrogen (secondary N) is 1. The smallest absolute Gasteiger partial charge is 0.244 e. The maximum Gasteiger partial charge on any atom is 0.244 e. The highest BCUT2D eigenvalue weighted by Crippen LogP contribution is 2.39. The number of carbonyl (C=O) groups is 1. The number of aromatic nitrogens is 4. The van der Waals surface area contributed by atoms with Gasteiger partial charge in [0.05, 0.1) is 6.07 Å². The fourth-order valence-electron chi connectivity index (χ4n) is 2.35. The van der Waals surface area contributed by atoms with Crippen molar-refractivity contribution in [2.45, 2.75) is 31.8 Å². The number of carbonyl (C=O) groups excluding carboxylic acids is 1. The van der Waals surface area contributed by atoms with Crippen molar-refractivity contribution >= 4 is 5.91 Å². The maximum atomic E-state index is 12.1. The summed E-state index contributed by atoms with van der Waals surface area (Å²) in [6, 6.07) is 11.6. The van der Waals surface area contributed by atoms with Gasteiger partial charge in [-0.1, -0.05) is 30.3 Å². The lowest BCUT2D eigenvalue weighted by Gasteiger charge is -2.22. The molecule has 7 heteroatoms. The Bertz CT molecular complexity index is 715. The van der Waals surface area contributed by atoms with Crippen LogP contribution in [-0.2, 0) is 11.3 Å². The zero-order valence-corrected chi connectivity index (χ0v) is 12.2. The van der Waals surface area contributed by atoms with E-state index in [1.165, 1.54) is 4.80 Å². The number of hydrogen-bond acceptors (Lipinski definition) is 5. The SMILES string of the molecule is CC(C#N)(NC(=O)Cn1nnc(-c2ccccc2)n1)C1CC1. The van der Waals surface area contributed by atoms with Crippen molar-refractivity contribution in [1.29, 1.82) is 5.26 Å². The van der Waals surface area contributed by atoms with Gasteiger partial charge in [0, 0.05) is 5.56 Å². The quantitative estimate of drug-likeness (QED) is 0.892. The lowest BCUT2D eigenvalue weighted by molar-refractivity contribution is -0.123. The van der Waals surface area contributed by atoms with Crippen LogP contribution in [0.15, 0.2) is 30.3 Å². The van der Waals surface area contributed by atoms with Crippen molar-refractivity contribution in [3.05, 3.63) is 30.3 Å². The van der Waals surface area contributed by atoms with Crippen molar-refractivity contribution < 1.29 is 4.79 Å². The summed E-state index contributed by atoms with van der Waals surface area (Å²) >= 11 is 0. The molecule has 1 unspecified atom stereocenters. The monoisotopic (exact) mass is 296 g/mol. The molecule has 1 aliphatic carbocycles. The topological polar surface area (TPSA) is 96.5 Å². The Morgan fingerprint density at radius 1 is 1.45 bits per heavy atom. The van der Waals surface area contributed by atoms with Gasteiger partial charge in [0.25, 0.3) is 0 Å². The molecule has 1 saturated carbocycles. The molecule has 2 aromatic rings. The lowest BCUT2D eigenvalue weighted by atomic mass is 9.98. The standard InChI is InChI=1S/C15H16N6O/c1-15(10-16,12-7-8-12)17-13(22)9-21-19-14(18-20-21)11-5-3-2-4-6-11/h2-6,12H,7-9H2,1H3,(H,17,22). The zero-order chi connectivity index (χ0) is 15.6. The highest BCUT2D eigenvalue weighted by Gasteiger charge is 2.43. The normalized spacial score (nSPS) is 16.5. The van der Waals surface area contributed by atoms with Gasteiger partial charge in [-0.05, 0) is 30.9 Å². The molecule has 0 radical (unpaired) electrons. The fourth-order valence-corrected chi connectivity index (χ4v) is 2.35. The minimum atomic E-state index is -0.806. The summed E-state index contributed by atoms with van der Waals surface area (Å²) in [5, 5.41) is 24.0. The van der Waals surface area contributed by atoms with Crippen molar-refractivity contribution in [2.24, 2.45) is 5.92 Å². The Hall–Kier alpha value is -2.75. The number of rotatable bonds is 5. The van der Waals surface area contributed by atoms with Crippen LogP contribution in [0, 0.1) is 17.2 Å². The van der Waals surface area contributed by atoms with E-state index in [1.54, 1.807) is 6.92 Å². The summed E-state index contributed by atoms with van der Waals surface area (Å²) in [6.45, 7) is 1.70. The van der Waals surface area contributed by atoms with Gasteiger partial charge in [-0.3, -0.25) is 4.79 Å². The molecule has 1 aromatic carbocycles. The first-order chi connectivity index (χ1) is 10.6. The predicted molar refractivity (Wildman–Crippen MR) is 78.1 cm³/mol. The largest absolute Gasteiger partial charge is 0.336 e. The molecule has 1 heterocycles. The van der Waals surface area contributed by atoms with Crippen LogP contribution in [0.5, 0.6) is 0 Å². The minimum Gasteiger partial charge on any atom is -0.336 e. The first-order valence-electron chi connectivity index (χ1n) is 7.16. The van der Waals surface area contributed by atoms with Crippen LogP contribution < -0.4 is 5.32 Å². The molecule has 3 rings (SSSR count). The van der Waals surface area contributed by atoms with Crippen LogP contribution in [0.1, 0.15) is 19.8 Å². The van der Waals surface area contributed by atoms with E-state index in [0.29, 0.717) is 5.82 Å².